The number of aryl methyl sites for hydroxylation is 1. The van der Waals surface area contributed by atoms with E-state index in [0.29, 0.717) is 22.0 Å². The Kier molecular flexibility index (Phi) is 5.95. The van der Waals surface area contributed by atoms with E-state index in [9.17, 15) is 13.2 Å². The van der Waals surface area contributed by atoms with Crippen LogP contribution >= 0.6 is 11.3 Å². The molecule has 29 heavy (non-hydrogen) atoms. The van der Waals surface area contributed by atoms with E-state index in [0.717, 1.165) is 16.9 Å². The maximum atomic E-state index is 13.0. The Hall–Kier alpha value is -2.84. The predicted molar refractivity (Wildman–Crippen MR) is 117 cm³/mol. The number of hydrogen-bond acceptors (Lipinski definition) is 7. The molecule has 0 unspecified atom stereocenters. The highest BCUT2D eigenvalue weighted by Gasteiger charge is 2.29. The lowest BCUT2D eigenvalue weighted by molar-refractivity contribution is 0.104. The molecule has 1 aromatic heterocycles. The lowest BCUT2D eigenvalue weighted by Gasteiger charge is -2.09. The fourth-order valence-corrected chi connectivity index (χ4v) is 5.43. The van der Waals surface area contributed by atoms with Crippen LogP contribution in [0, 0.1) is 6.92 Å². The second-order valence-electron chi connectivity index (χ2n) is 6.46. The van der Waals surface area contributed by atoms with Gasteiger partial charge in [0.25, 0.3) is 0 Å². The van der Waals surface area contributed by atoms with Crippen molar-refractivity contribution in [2.75, 3.05) is 23.9 Å². The molecule has 0 radical (unpaired) electrons. The van der Waals surface area contributed by atoms with Crippen molar-refractivity contribution in [2.24, 2.45) is 0 Å². The molecule has 0 amide bonds. The Labute approximate surface area is 174 Å². The maximum Gasteiger partial charge on any atom is 0.205 e. The first-order chi connectivity index (χ1) is 13.8. The van der Waals surface area contributed by atoms with Crippen molar-refractivity contribution in [3.05, 3.63) is 64.5 Å². The van der Waals surface area contributed by atoms with Gasteiger partial charge < -0.3 is 15.8 Å². The summed E-state index contributed by atoms with van der Waals surface area (Å²) in [5.74, 6) is 0.188. The molecule has 0 aliphatic rings. The minimum absolute atomic E-state index is 0.0205. The number of anilines is 3. The molecule has 0 saturated heterocycles. The first-order valence-corrected chi connectivity index (χ1v) is 11.4. The zero-order valence-corrected chi connectivity index (χ0v) is 18.0. The van der Waals surface area contributed by atoms with E-state index >= 15 is 0 Å². The van der Waals surface area contributed by atoms with E-state index in [1.807, 2.05) is 19.1 Å². The van der Waals surface area contributed by atoms with Gasteiger partial charge in [0, 0.05) is 17.3 Å². The molecule has 8 heteroatoms. The van der Waals surface area contributed by atoms with Gasteiger partial charge in [-0.05, 0) is 19.1 Å². The van der Waals surface area contributed by atoms with Crippen LogP contribution < -0.4 is 15.8 Å². The summed E-state index contributed by atoms with van der Waals surface area (Å²) in [5, 5.41) is 3.40. The maximum absolute atomic E-state index is 13.0. The van der Waals surface area contributed by atoms with E-state index in [2.05, 4.69) is 5.32 Å². The number of nitrogen functional groups attached to an aromatic ring is 1. The lowest BCUT2D eigenvalue weighted by atomic mass is 10.1. The molecule has 3 aromatic rings. The number of methoxy groups -OCH3 is 1. The predicted octanol–water partition coefficient (Wildman–Crippen LogP) is 4.42. The normalized spacial score (nSPS) is 11.3. The van der Waals surface area contributed by atoms with E-state index in [4.69, 9.17) is 10.5 Å². The van der Waals surface area contributed by atoms with Crippen LogP contribution in [0.25, 0.3) is 0 Å². The number of thiophene rings is 1. The quantitative estimate of drug-likeness (QED) is 0.539. The summed E-state index contributed by atoms with van der Waals surface area (Å²) in [6.07, 6.45) is 0. The largest absolute Gasteiger partial charge is 0.497 e. The van der Waals surface area contributed by atoms with Crippen LogP contribution in [0.1, 0.15) is 27.7 Å². The topological polar surface area (TPSA) is 98.5 Å². The third-order valence-corrected chi connectivity index (χ3v) is 7.49. The van der Waals surface area contributed by atoms with Gasteiger partial charge in [-0.1, -0.05) is 42.8 Å². The van der Waals surface area contributed by atoms with E-state index in [1.54, 1.807) is 50.4 Å². The number of ether oxygens (including phenoxy) is 1. The summed E-state index contributed by atoms with van der Waals surface area (Å²) in [4.78, 5) is 13.2. The van der Waals surface area contributed by atoms with Gasteiger partial charge in [-0.15, -0.1) is 11.3 Å². The van der Waals surface area contributed by atoms with Crippen molar-refractivity contribution >= 4 is 43.3 Å². The van der Waals surface area contributed by atoms with Crippen molar-refractivity contribution in [2.45, 2.75) is 18.7 Å². The number of nitrogens with two attached hydrogens (primary N) is 1. The van der Waals surface area contributed by atoms with Gasteiger partial charge in [0.2, 0.25) is 5.78 Å². The van der Waals surface area contributed by atoms with E-state index in [-0.39, 0.29) is 27.0 Å². The smallest absolute Gasteiger partial charge is 0.205 e. The highest BCUT2D eigenvalue weighted by atomic mass is 32.2. The Morgan fingerprint density at radius 2 is 1.86 bits per heavy atom. The fourth-order valence-electron chi connectivity index (χ4n) is 2.80. The number of ketones is 1. The molecule has 0 saturated carbocycles. The molecule has 3 rings (SSSR count). The van der Waals surface area contributed by atoms with Gasteiger partial charge in [0.1, 0.15) is 20.5 Å². The molecule has 3 N–H and O–H groups in total. The van der Waals surface area contributed by atoms with E-state index < -0.39 is 9.84 Å². The second kappa shape index (κ2) is 8.26. The summed E-state index contributed by atoms with van der Waals surface area (Å²) in [7, 11) is -2.11. The van der Waals surface area contributed by atoms with Crippen LogP contribution in [0.2, 0.25) is 0 Å². The standard InChI is InChI=1S/C21H22N2O4S2/c1-4-29(25,26)20-17(22)19(18(24)14-10-8-13(2)9-11-14)28-21(20)23-15-6-5-7-16(12-15)27-3/h5-12,23H,4,22H2,1-3H3. The number of sulfone groups is 1. The van der Waals surface area contributed by atoms with Crippen LogP contribution in [0.15, 0.2) is 53.4 Å². The van der Waals surface area contributed by atoms with Gasteiger partial charge in [-0.2, -0.15) is 0 Å². The van der Waals surface area contributed by atoms with Crippen LogP contribution in [0.4, 0.5) is 16.4 Å². The van der Waals surface area contributed by atoms with Crippen LogP contribution in [-0.4, -0.2) is 27.1 Å². The molecule has 2 aromatic carbocycles. The average molecular weight is 431 g/mol. The zero-order valence-electron chi connectivity index (χ0n) is 16.4. The van der Waals surface area contributed by atoms with Crippen molar-refractivity contribution in [3.8, 4) is 5.75 Å². The molecule has 152 valence electrons. The Balaban J connectivity index is 2.11. The minimum Gasteiger partial charge on any atom is -0.497 e. The van der Waals surface area contributed by atoms with Crippen molar-refractivity contribution in [3.63, 3.8) is 0 Å². The molecule has 1 heterocycles. The molecule has 0 atom stereocenters. The highest BCUT2D eigenvalue weighted by molar-refractivity contribution is 7.92. The summed E-state index contributed by atoms with van der Waals surface area (Å²) in [5.41, 5.74) is 8.28. The van der Waals surface area contributed by atoms with Crippen LogP contribution in [0.3, 0.4) is 0 Å². The van der Waals surface area contributed by atoms with Crippen molar-refractivity contribution in [1.29, 1.82) is 0 Å². The Bertz CT molecular complexity index is 1150. The van der Waals surface area contributed by atoms with Gasteiger partial charge in [0.05, 0.1) is 18.6 Å². The number of hydrogen-bond donors (Lipinski definition) is 2. The molecular formula is C21H22N2O4S2. The van der Waals surface area contributed by atoms with Gasteiger partial charge in [0.15, 0.2) is 9.84 Å². The summed E-state index contributed by atoms with van der Waals surface area (Å²) in [6.45, 7) is 3.47. The van der Waals surface area contributed by atoms with Crippen LogP contribution in [0.5, 0.6) is 5.75 Å². The number of carbonyl (C=O) groups excluding carboxylic acids is 1. The van der Waals surface area contributed by atoms with Gasteiger partial charge in [-0.25, -0.2) is 8.42 Å². The minimum atomic E-state index is -3.66. The van der Waals surface area contributed by atoms with Crippen molar-refractivity contribution < 1.29 is 17.9 Å². The van der Waals surface area contributed by atoms with Crippen LogP contribution in [-0.2, 0) is 9.84 Å². The Morgan fingerprint density at radius 1 is 1.17 bits per heavy atom. The first kappa shape index (κ1) is 20.9. The Morgan fingerprint density at radius 3 is 2.48 bits per heavy atom. The van der Waals surface area contributed by atoms with Crippen molar-refractivity contribution in [1.82, 2.24) is 0 Å². The summed E-state index contributed by atoms with van der Waals surface area (Å²) >= 11 is 1.04. The number of carbonyl (C=O) groups is 1. The summed E-state index contributed by atoms with van der Waals surface area (Å²) < 4.78 is 30.7. The molecule has 0 fully saturated rings. The first-order valence-electron chi connectivity index (χ1n) is 8.94. The molecule has 0 aliphatic heterocycles. The SMILES string of the molecule is CCS(=O)(=O)c1c(Nc2cccc(OC)c2)sc(C(=O)c2ccc(C)cc2)c1N. The van der Waals surface area contributed by atoms with E-state index in [1.165, 1.54) is 0 Å². The third-order valence-electron chi connectivity index (χ3n) is 4.44. The number of benzene rings is 2. The molecular weight excluding hydrogens is 408 g/mol. The second-order valence-corrected chi connectivity index (χ2v) is 9.69. The number of rotatable bonds is 7. The molecule has 6 nitrogen and oxygen atoms in total. The molecule has 0 bridgehead atoms. The third kappa shape index (κ3) is 4.28. The molecule has 0 aliphatic carbocycles. The lowest BCUT2D eigenvalue weighted by Crippen LogP contribution is -2.09. The highest BCUT2D eigenvalue weighted by Crippen LogP contribution is 2.42. The van der Waals surface area contributed by atoms with Gasteiger partial charge >= 0.3 is 0 Å². The van der Waals surface area contributed by atoms with Gasteiger partial charge in [-0.3, -0.25) is 4.79 Å². The molecule has 0 spiro atoms. The zero-order chi connectivity index (χ0) is 21.2. The summed E-state index contributed by atoms with van der Waals surface area (Å²) in [6, 6.07) is 14.2. The fraction of sp³-hybridized carbons (Fsp3) is 0.190. The monoisotopic (exact) mass is 430 g/mol. The number of nitrogens with one attached hydrogen (secondary N) is 1. The average Bonchev–Trinajstić information content (AvgIpc) is 3.04.